The summed E-state index contributed by atoms with van der Waals surface area (Å²) in [6, 6.07) is 8.74. The maximum absolute atomic E-state index is 12.6. The van der Waals surface area contributed by atoms with E-state index in [2.05, 4.69) is 4.98 Å². The molecule has 2 aromatic rings. The van der Waals surface area contributed by atoms with E-state index >= 15 is 0 Å². The minimum atomic E-state index is -3.55. The number of aliphatic hydroxyl groups excluding tert-OH is 1. The second kappa shape index (κ2) is 6.65. The lowest BCUT2D eigenvalue weighted by Crippen LogP contribution is -2.30. The first kappa shape index (κ1) is 16.1. The summed E-state index contributed by atoms with van der Waals surface area (Å²) < 4.78 is 26.9. The SMILES string of the molecule is CCN(Cc1cccc(C)n1)S(=O)(=O)c1ccc(CO)s1. The van der Waals surface area contributed by atoms with Crippen LogP contribution in [0.2, 0.25) is 0 Å². The third-order valence-corrected chi connectivity index (χ3v) is 6.48. The Balaban J connectivity index is 2.27. The van der Waals surface area contributed by atoms with Crippen LogP contribution in [0.3, 0.4) is 0 Å². The molecule has 0 aliphatic carbocycles. The molecular weight excluding hydrogens is 308 g/mol. The van der Waals surface area contributed by atoms with E-state index in [9.17, 15) is 8.42 Å². The number of hydrogen-bond donors (Lipinski definition) is 1. The molecular formula is C14H18N2O3S2. The molecule has 0 amide bonds. The van der Waals surface area contributed by atoms with E-state index in [-0.39, 0.29) is 17.4 Å². The van der Waals surface area contributed by atoms with Gasteiger partial charge >= 0.3 is 0 Å². The van der Waals surface area contributed by atoms with E-state index in [1.165, 1.54) is 10.4 Å². The van der Waals surface area contributed by atoms with Crippen LogP contribution < -0.4 is 0 Å². The van der Waals surface area contributed by atoms with Crippen LogP contribution in [0.25, 0.3) is 0 Å². The van der Waals surface area contributed by atoms with Crippen molar-refractivity contribution in [2.45, 2.75) is 31.2 Å². The van der Waals surface area contributed by atoms with Crippen molar-refractivity contribution in [2.75, 3.05) is 6.54 Å². The van der Waals surface area contributed by atoms with Crippen LogP contribution in [-0.2, 0) is 23.2 Å². The number of aliphatic hydroxyl groups is 1. The van der Waals surface area contributed by atoms with Crippen molar-refractivity contribution in [3.05, 3.63) is 46.6 Å². The molecule has 21 heavy (non-hydrogen) atoms. The Bertz CT molecular complexity index is 711. The lowest BCUT2D eigenvalue weighted by Gasteiger charge is -2.19. The van der Waals surface area contributed by atoms with Gasteiger partial charge < -0.3 is 5.11 Å². The van der Waals surface area contributed by atoms with Crippen molar-refractivity contribution in [1.29, 1.82) is 0 Å². The molecule has 7 heteroatoms. The highest BCUT2D eigenvalue weighted by atomic mass is 32.2. The van der Waals surface area contributed by atoms with Gasteiger partial charge in [-0.15, -0.1) is 11.3 Å². The highest BCUT2D eigenvalue weighted by Crippen LogP contribution is 2.25. The van der Waals surface area contributed by atoms with E-state index in [1.807, 2.05) is 25.1 Å². The lowest BCUT2D eigenvalue weighted by atomic mass is 10.3. The molecule has 0 aliphatic rings. The fraction of sp³-hybridized carbons (Fsp3) is 0.357. The smallest absolute Gasteiger partial charge is 0.252 e. The minimum Gasteiger partial charge on any atom is -0.391 e. The summed E-state index contributed by atoms with van der Waals surface area (Å²) in [5, 5.41) is 9.07. The molecule has 2 heterocycles. The number of sulfonamides is 1. The molecule has 114 valence electrons. The number of aromatic nitrogens is 1. The van der Waals surface area contributed by atoms with E-state index in [1.54, 1.807) is 13.0 Å². The predicted molar refractivity (Wildman–Crippen MR) is 82.5 cm³/mol. The number of pyridine rings is 1. The van der Waals surface area contributed by atoms with Gasteiger partial charge in [-0.2, -0.15) is 4.31 Å². The van der Waals surface area contributed by atoms with Gasteiger partial charge in [0.15, 0.2) is 0 Å². The minimum absolute atomic E-state index is 0.147. The molecule has 0 spiro atoms. The van der Waals surface area contributed by atoms with Crippen molar-refractivity contribution >= 4 is 21.4 Å². The van der Waals surface area contributed by atoms with Crippen LogP contribution in [0.4, 0.5) is 0 Å². The summed E-state index contributed by atoms with van der Waals surface area (Å²) in [5.74, 6) is 0. The quantitative estimate of drug-likeness (QED) is 0.883. The molecule has 0 unspecified atom stereocenters. The van der Waals surface area contributed by atoms with Crippen LogP contribution in [0, 0.1) is 6.92 Å². The Morgan fingerprint density at radius 3 is 2.62 bits per heavy atom. The van der Waals surface area contributed by atoms with Gasteiger partial charge in [-0.3, -0.25) is 4.98 Å². The van der Waals surface area contributed by atoms with Gasteiger partial charge in [-0.1, -0.05) is 13.0 Å². The molecule has 0 aromatic carbocycles. The average molecular weight is 326 g/mol. The fourth-order valence-corrected chi connectivity index (χ4v) is 4.73. The molecule has 0 aliphatic heterocycles. The number of thiophene rings is 1. The number of rotatable bonds is 6. The molecule has 0 bridgehead atoms. The monoisotopic (exact) mass is 326 g/mol. The second-order valence-corrected chi connectivity index (χ2v) is 7.91. The maximum Gasteiger partial charge on any atom is 0.252 e. The molecule has 0 fully saturated rings. The first-order chi connectivity index (χ1) is 9.97. The summed E-state index contributed by atoms with van der Waals surface area (Å²) in [6.07, 6.45) is 0. The first-order valence-electron chi connectivity index (χ1n) is 6.59. The largest absolute Gasteiger partial charge is 0.391 e. The zero-order valence-electron chi connectivity index (χ0n) is 12.0. The van der Waals surface area contributed by atoms with E-state index < -0.39 is 10.0 Å². The lowest BCUT2D eigenvalue weighted by molar-refractivity contribution is 0.285. The van der Waals surface area contributed by atoms with Crippen LogP contribution in [0.5, 0.6) is 0 Å². The first-order valence-corrected chi connectivity index (χ1v) is 8.85. The van der Waals surface area contributed by atoms with Gasteiger partial charge in [-0.05, 0) is 31.2 Å². The Morgan fingerprint density at radius 1 is 1.29 bits per heavy atom. The van der Waals surface area contributed by atoms with Crippen molar-refractivity contribution in [2.24, 2.45) is 0 Å². The van der Waals surface area contributed by atoms with Gasteiger partial charge in [0.25, 0.3) is 10.0 Å². The van der Waals surface area contributed by atoms with Gasteiger partial charge in [0.1, 0.15) is 4.21 Å². The number of nitrogens with zero attached hydrogens (tertiary/aromatic N) is 2. The predicted octanol–water partition coefficient (Wildman–Crippen LogP) is 2.15. The zero-order chi connectivity index (χ0) is 15.5. The molecule has 0 saturated heterocycles. The normalized spacial score (nSPS) is 12.0. The Hall–Kier alpha value is -1.28. The molecule has 1 N–H and O–H groups in total. The zero-order valence-corrected chi connectivity index (χ0v) is 13.6. The number of hydrogen-bond acceptors (Lipinski definition) is 5. The average Bonchev–Trinajstić information content (AvgIpc) is 2.94. The van der Waals surface area contributed by atoms with Gasteiger partial charge in [0.2, 0.25) is 0 Å². The molecule has 0 radical (unpaired) electrons. The Kier molecular flexibility index (Phi) is 5.10. The van der Waals surface area contributed by atoms with Crippen molar-refractivity contribution in [3.8, 4) is 0 Å². The van der Waals surface area contributed by atoms with Crippen molar-refractivity contribution < 1.29 is 13.5 Å². The van der Waals surface area contributed by atoms with Gasteiger partial charge in [-0.25, -0.2) is 8.42 Å². The summed E-state index contributed by atoms with van der Waals surface area (Å²) in [5.41, 5.74) is 1.58. The summed E-state index contributed by atoms with van der Waals surface area (Å²) in [7, 11) is -3.55. The van der Waals surface area contributed by atoms with Crippen LogP contribution in [0.15, 0.2) is 34.5 Å². The van der Waals surface area contributed by atoms with Crippen LogP contribution in [0.1, 0.15) is 23.2 Å². The van der Waals surface area contributed by atoms with Crippen LogP contribution in [-0.4, -0.2) is 29.4 Å². The Morgan fingerprint density at radius 2 is 2.05 bits per heavy atom. The molecule has 2 aromatic heterocycles. The highest BCUT2D eigenvalue weighted by molar-refractivity contribution is 7.91. The van der Waals surface area contributed by atoms with Crippen molar-refractivity contribution in [3.63, 3.8) is 0 Å². The maximum atomic E-state index is 12.6. The van der Waals surface area contributed by atoms with Crippen LogP contribution >= 0.6 is 11.3 Å². The molecule has 0 atom stereocenters. The summed E-state index contributed by atoms with van der Waals surface area (Å²) in [4.78, 5) is 4.98. The fourth-order valence-electron chi connectivity index (χ4n) is 1.94. The standard InChI is InChI=1S/C14H18N2O3S2/c1-3-16(9-12-6-4-5-11(2)15-12)21(18,19)14-8-7-13(10-17)20-14/h4-8,17H,3,9-10H2,1-2H3. The third-order valence-electron chi connectivity index (χ3n) is 3.02. The summed E-state index contributed by atoms with van der Waals surface area (Å²) in [6.45, 7) is 4.14. The van der Waals surface area contributed by atoms with Crippen molar-refractivity contribution in [1.82, 2.24) is 9.29 Å². The van der Waals surface area contributed by atoms with Gasteiger partial charge in [0, 0.05) is 17.1 Å². The molecule has 2 rings (SSSR count). The van der Waals surface area contributed by atoms with E-state index in [0.717, 1.165) is 22.7 Å². The van der Waals surface area contributed by atoms with E-state index in [4.69, 9.17) is 5.11 Å². The number of aryl methyl sites for hydroxylation is 1. The third kappa shape index (κ3) is 3.68. The summed E-state index contributed by atoms with van der Waals surface area (Å²) >= 11 is 1.10. The molecule has 5 nitrogen and oxygen atoms in total. The highest BCUT2D eigenvalue weighted by Gasteiger charge is 2.25. The molecule has 0 saturated carbocycles. The second-order valence-electron chi connectivity index (χ2n) is 4.58. The van der Waals surface area contributed by atoms with Gasteiger partial charge in [0.05, 0.1) is 18.8 Å². The van der Waals surface area contributed by atoms with E-state index in [0.29, 0.717) is 11.4 Å². The Labute approximate surface area is 128 Å². The topological polar surface area (TPSA) is 70.5 Å².